The third-order valence-corrected chi connectivity index (χ3v) is 3.78. The van der Waals surface area contributed by atoms with Gasteiger partial charge in [0, 0.05) is 11.3 Å². The predicted molar refractivity (Wildman–Crippen MR) is 82.3 cm³/mol. The monoisotopic (exact) mass is 316 g/mol. The van der Waals surface area contributed by atoms with E-state index in [4.69, 9.17) is 4.52 Å². The molecule has 0 radical (unpaired) electrons. The lowest BCUT2D eigenvalue weighted by atomic mass is 9.88. The summed E-state index contributed by atoms with van der Waals surface area (Å²) < 4.78 is 5.25. The molecule has 2 heterocycles. The number of halogens is 1. The smallest absolute Gasteiger partial charge is 0.248 e. The van der Waals surface area contributed by atoms with E-state index in [1.54, 1.807) is 0 Å². The SMILES string of the molecule is CC(NC(=O)C(C)C1CNC1)c1nc(C(C)(C)C)no1.Cl. The number of hydrogen-bond donors (Lipinski definition) is 2. The summed E-state index contributed by atoms with van der Waals surface area (Å²) in [5, 5.41) is 10.1. The lowest BCUT2D eigenvalue weighted by molar-refractivity contribution is -0.127. The first-order valence-corrected chi connectivity index (χ1v) is 7.14. The zero-order valence-electron chi connectivity index (χ0n) is 13.3. The van der Waals surface area contributed by atoms with Gasteiger partial charge in [-0.15, -0.1) is 12.4 Å². The van der Waals surface area contributed by atoms with Crippen LogP contribution in [0.4, 0.5) is 0 Å². The lowest BCUT2D eigenvalue weighted by Gasteiger charge is -2.32. The average molecular weight is 317 g/mol. The van der Waals surface area contributed by atoms with Crippen LogP contribution in [0.15, 0.2) is 4.52 Å². The number of rotatable bonds is 4. The average Bonchev–Trinajstić information content (AvgIpc) is 2.74. The second-order valence-electron chi connectivity index (χ2n) is 6.64. The highest BCUT2D eigenvalue weighted by Crippen LogP contribution is 2.22. The topological polar surface area (TPSA) is 80.0 Å². The molecule has 6 nitrogen and oxygen atoms in total. The fourth-order valence-corrected chi connectivity index (χ4v) is 2.00. The van der Waals surface area contributed by atoms with Crippen molar-refractivity contribution < 1.29 is 9.32 Å². The maximum atomic E-state index is 12.1. The maximum Gasteiger partial charge on any atom is 0.248 e. The van der Waals surface area contributed by atoms with Crippen molar-refractivity contribution in [3.05, 3.63) is 11.7 Å². The Morgan fingerprint density at radius 3 is 2.43 bits per heavy atom. The van der Waals surface area contributed by atoms with Gasteiger partial charge in [0.15, 0.2) is 5.82 Å². The Kier molecular flexibility index (Phi) is 5.75. The Labute approximate surface area is 131 Å². The van der Waals surface area contributed by atoms with E-state index in [0.29, 0.717) is 17.6 Å². The number of nitrogens with one attached hydrogen (secondary N) is 2. The Hall–Kier alpha value is -1.14. The molecule has 0 aromatic carbocycles. The van der Waals surface area contributed by atoms with Crippen molar-refractivity contribution in [1.82, 2.24) is 20.8 Å². The van der Waals surface area contributed by atoms with Crippen LogP contribution >= 0.6 is 12.4 Å². The summed E-state index contributed by atoms with van der Waals surface area (Å²) in [5.41, 5.74) is -0.156. The van der Waals surface area contributed by atoms with Gasteiger partial charge in [0.2, 0.25) is 11.8 Å². The third kappa shape index (κ3) is 4.17. The molecule has 0 spiro atoms. The van der Waals surface area contributed by atoms with Crippen LogP contribution in [0.5, 0.6) is 0 Å². The summed E-state index contributed by atoms with van der Waals surface area (Å²) in [6.45, 7) is 11.7. The van der Waals surface area contributed by atoms with Gasteiger partial charge in [0.25, 0.3) is 0 Å². The molecule has 0 aliphatic carbocycles. The molecule has 1 amide bonds. The Morgan fingerprint density at radius 1 is 1.38 bits per heavy atom. The van der Waals surface area contributed by atoms with Gasteiger partial charge in [-0.1, -0.05) is 32.9 Å². The van der Waals surface area contributed by atoms with E-state index in [0.717, 1.165) is 13.1 Å². The second-order valence-corrected chi connectivity index (χ2v) is 6.64. The molecular weight excluding hydrogens is 292 g/mol. The minimum Gasteiger partial charge on any atom is -0.344 e. The maximum absolute atomic E-state index is 12.1. The number of hydrogen-bond acceptors (Lipinski definition) is 5. The highest BCUT2D eigenvalue weighted by Gasteiger charge is 2.30. The van der Waals surface area contributed by atoms with E-state index in [-0.39, 0.29) is 35.7 Å². The number of carbonyl (C=O) groups excluding carboxylic acids is 1. The molecule has 120 valence electrons. The quantitative estimate of drug-likeness (QED) is 0.885. The van der Waals surface area contributed by atoms with Crippen LogP contribution in [0, 0.1) is 11.8 Å². The summed E-state index contributed by atoms with van der Waals surface area (Å²) in [7, 11) is 0. The predicted octanol–water partition coefficient (Wildman–Crippen LogP) is 1.82. The molecular formula is C14H25ClN4O2. The molecule has 1 saturated heterocycles. The zero-order valence-corrected chi connectivity index (χ0v) is 14.1. The van der Waals surface area contributed by atoms with Gasteiger partial charge in [-0.05, 0) is 25.9 Å². The van der Waals surface area contributed by atoms with E-state index in [9.17, 15) is 4.79 Å². The summed E-state index contributed by atoms with van der Waals surface area (Å²) in [4.78, 5) is 16.5. The second kappa shape index (κ2) is 6.75. The van der Waals surface area contributed by atoms with Crippen molar-refractivity contribution in [2.24, 2.45) is 11.8 Å². The third-order valence-electron chi connectivity index (χ3n) is 3.78. The molecule has 0 saturated carbocycles. The van der Waals surface area contributed by atoms with Crippen LogP contribution in [0.2, 0.25) is 0 Å². The largest absolute Gasteiger partial charge is 0.344 e. The van der Waals surface area contributed by atoms with Crippen LogP contribution in [0.1, 0.15) is 52.4 Å². The first-order chi connectivity index (χ1) is 9.29. The molecule has 2 N–H and O–H groups in total. The van der Waals surface area contributed by atoms with Crippen molar-refractivity contribution in [2.75, 3.05) is 13.1 Å². The van der Waals surface area contributed by atoms with Gasteiger partial charge in [-0.3, -0.25) is 4.79 Å². The Morgan fingerprint density at radius 2 is 2.00 bits per heavy atom. The molecule has 2 rings (SSSR count). The molecule has 1 fully saturated rings. The van der Waals surface area contributed by atoms with Crippen LogP contribution in [0.25, 0.3) is 0 Å². The first kappa shape index (κ1) is 17.9. The summed E-state index contributed by atoms with van der Waals surface area (Å²) in [5.74, 6) is 1.59. The molecule has 21 heavy (non-hydrogen) atoms. The minimum absolute atomic E-state index is 0. The molecule has 2 unspecified atom stereocenters. The Balaban J connectivity index is 0.00000220. The molecule has 0 bridgehead atoms. The molecule has 1 aliphatic heterocycles. The van der Waals surface area contributed by atoms with Gasteiger partial charge in [-0.25, -0.2) is 0 Å². The van der Waals surface area contributed by atoms with Crippen LogP contribution < -0.4 is 10.6 Å². The van der Waals surface area contributed by atoms with Gasteiger partial charge >= 0.3 is 0 Å². The van der Waals surface area contributed by atoms with Gasteiger partial charge in [0.05, 0.1) is 0 Å². The van der Waals surface area contributed by atoms with Gasteiger partial charge < -0.3 is 15.2 Å². The lowest BCUT2D eigenvalue weighted by Crippen LogP contribution is -2.49. The number of amides is 1. The molecule has 1 aromatic heterocycles. The molecule has 1 aromatic rings. The van der Waals surface area contributed by atoms with Crippen molar-refractivity contribution >= 4 is 18.3 Å². The molecule has 7 heteroatoms. The van der Waals surface area contributed by atoms with Crippen molar-refractivity contribution in [3.63, 3.8) is 0 Å². The summed E-state index contributed by atoms with van der Waals surface area (Å²) in [6, 6.07) is -0.262. The number of carbonyl (C=O) groups is 1. The van der Waals surface area contributed by atoms with Crippen LogP contribution in [-0.2, 0) is 10.2 Å². The van der Waals surface area contributed by atoms with Crippen molar-refractivity contribution in [3.8, 4) is 0 Å². The van der Waals surface area contributed by atoms with Crippen molar-refractivity contribution in [2.45, 2.75) is 46.1 Å². The fourth-order valence-electron chi connectivity index (χ4n) is 2.00. The molecule has 2 atom stereocenters. The van der Waals surface area contributed by atoms with Crippen molar-refractivity contribution in [1.29, 1.82) is 0 Å². The van der Waals surface area contributed by atoms with Crippen LogP contribution in [-0.4, -0.2) is 29.1 Å². The minimum atomic E-state index is -0.262. The van der Waals surface area contributed by atoms with E-state index in [2.05, 4.69) is 20.8 Å². The normalized spacial score (nSPS) is 18.3. The van der Waals surface area contributed by atoms with Crippen LogP contribution in [0.3, 0.4) is 0 Å². The molecule has 1 aliphatic rings. The van der Waals surface area contributed by atoms with Gasteiger partial charge in [0.1, 0.15) is 6.04 Å². The highest BCUT2D eigenvalue weighted by atomic mass is 35.5. The van der Waals surface area contributed by atoms with E-state index in [1.807, 2.05) is 34.6 Å². The summed E-state index contributed by atoms with van der Waals surface area (Å²) in [6.07, 6.45) is 0. The van der Waals surface area contributed by atoms with E-state index in [1.165, 1.54) is 0 Å². The van der Waals surface area contributed by atoms with E-state index >= 15 is 0 Å². The summed E-state index contributed by atoms with van der Waals surface area (Å²) >= 11 is 0. The zero-order chi connectivity index (χ0) is 14.9. The van der Waals surface area contributed by atoms with E-state index < -0.39 is 0 Å². The fraction of sp³-hybridized carbons (Fsp3) is 0.786. The Bertz CT molecular complexity index is 480. The van der Waals surface area contributed by atoms with Gasteiger partial charge in [-0.2, -0.15) is 4.98 Å². The standard InChI is InChI=1S/C14H24N4O2.ClH/c1-8(10-6-15-7-10)11(19)16-9(2)12-17-13(18-20-12)14(3,4)5;/h8-10,15H,6-7H2,1-5H3,(H,16,19);1H. The number of aromatic nitrogens is 2. The first-order valence-electron chi connectivity index (χ1n) is 7.14. The highest BCUT2D eigenvalue weighted by molar-refractivity contribution is 5.85. The number of nitrogens with zero attached hydrogens (tertiary/aromatic N) is 2.